The van der Waals surface area contributed by atoms with E-state index in [1.165, 1.54) is 0 Å². The molecule has 22 heavy (non-hydrogen) atoms. The van der Waals surface area contributed by atoms with Crippen molar-refractivity contribution in [2.45, 2.75) is 19.4 Å². The molecule has 0 saturated carbocycles. The van der Waals surface area contributed by atoms with E-state index in [0.717, 1.165) is 11.3 Å². The monoisotopic (exact) mass is 299 g/mol. The average Bonchev–Trinajstić information content (AvgIpc) is 2.56. The van der Waals surface area contributed by atoms with E-state index in [9.17, 15) is 9.90 Å². The molecule has 2 N–H and O–H groups in total. The fraction of sp³-hybridized carbons (Fsp3) is 0.278. The summed E-state index contributed by atoms with van der Waals surface area (Å²) in [6, 6.07) is 16.7. The quantitative estimate of drug-likeness (QED) is 0.826. The van der Waals surface area contributed by atoms with Crippen LogP contribution in [0.15, 0.2) is 54.6 Å². The Morgan fingerprint density at radius 2 is 1.82 bits per heavy atom. The first-order chi connectivity index (χ1) is 10.7. The molecular formula is C18H21NO3. The molecule has 0 aliphatic heterocycles. The summed E-state index contributed by atoms with van der Waals surface area (Å²) >= 11 is 0. The van der Waals surface area contributed by atoms with E-state index in [-0.39, 0.29) is 5.91 Å². The molecule has 0 aliphatic rings. The summed E-state index contributed by atoms with van der Waals surface area (Å²) in [5, 5.41) is 12.7. The summed E-state index contributed by atoms with van der Waals surface area (Å²) in [6.45, 7) is 3.07. The normalized spacial score (nSPS) is 11.7. The number of carbonyl (C=O) groups excluding carboxylic acids is 1. The van der Waals surface area contributed by atoms with Crippen molar-refractivity contribution in [2.75, 3.05) is 13.2 Å². The summed E-state index contributed by atoms with van der Waals surface area (Å²) in [5.74, 6) is 0.465. The van der Waals surface area contributed by atoms with Crippen molar-refractivity contribution < 1.29 is 14.6 Å². The van der Waals surface area contributed by atoms with Crippen LogP contribution in [-0.2, 0) is 11.2 Å². The highest BCUT2D eigenvalue weighted by atomic mass is 16.5. The smallest absolute Gasteiger partial charge is 0.253 e. The van der Waals surface area contributed by atoms with Crippen molar-refractivity contribution in [3.63, 3.8) is 0 Å². The summed E-state index contributed by atoms with van der Waals surface area (Å²) in [7, 11) is 0. The van der Waals surface area contributed by atoms with Gasteiger partial charge in [0.05, 0.1) is 6.61 Å². The van der Waals surface area contributed by atoms with Gasteiger partial charge in [0.2, 0.25) is 0 Å². The van der Waals surface area contributed by atoms with Crippen molar-refractivity contribution in [1.82, 2.24) is 5.32 Å². The molecule has 0 aromatic heterocycles. The van der Waals surface area contributed by atoms with E-state index < -0.39 is 6.10 Å². The van der Waals surface area contributed by atoms with E-state index >= 15 is 0 Å². The lowest BCUT2D eigenvalue weighted by molar-refractivity contribution is -0.129. The molecule has 116 valence electrons. The van der Waals surface area contributed by atoms with Crippen LogP contribution < -0.4 is 10.1 Å². The van der Waals surface area contributed by atoms with Crippen LogP contribution >= 0.6 is 0 Å². The van der Waals surface area contributed by atoms with Gasteiger partial charge in [0, 0.05) is 6.54 Å². The fourth-order valence-corrected chi connectivity index (χ4v) is 2.13. The number of hydrogen-bond donors (Lipinski definition) is 2. The van der Waals surface area contributed by atoms with Crippen LogP contribution in [0.5, 0.6) is 5.75 Å². The Hall–Kier alpha value is -2.33. The van der Waals surface area contributed by atoms with Crippen LogP contribution in [0, 0.1) is 0 Å². The van der Waals surface area contributed by atoms with Crippen molar-refractivity contribution >= 4 is 5.91 Å². The molecule has 0 heterocycles. The molecule has 2 rings (SSSR count). The van der Waals surface area contributed by atoms with Crippen molar-refractivity contribution in [3.8, 4) is 5.75 Å². The minimum Gasteiger partial charge on any atom is -0.494 e. The summed E-state index contributed by atoms with van der Waals surface area (Å²) in [6.07, 6.45) is -0.416. The molecule has 2 aromatic rings. The molecule has 0 spiro atoms. The van der Waals surface area contributed by atoms with Crippen molar-refractivity contribution in [2.24, 2.45) is 0 Å². The Morgan fingerprint density at radius 1 is 1.14 bits per heavy atom. The lowest BCUT2D eigenvalue weighted by Gasteiger charge is -2.11. The number of carbonyl (C=O) groups is 1. The molecule has 2 aromatic carbocycles. The number of nitrogens with one attached hydrogen (secondary N) is 1. The minimum absolute atomic E-state index is 0.378. The molecule has 1 amide bonds. The zero-order valence-corrected chi connectivity index (χ0v) is 12.7. The lowest BCUT2D eigenvalue weighted by Crippen LogP contribution is -2.30. The van der Waals surface area contributed by atoms with Crippen LogP contribution in [0.1, 0.15) is 24.2 Å². The molecule has 4 heteroatoms. The molecule has 0 saturated heterocycles. The van der Waals surface area contributed by atoms with Crippen LogP contribution in [0.3, 0.4) is 0 Å². The summed E-state index contributed by atoms with van der Waals surface area (Å²) < 4.78 is 5.38. The Labute approximate surface area is 130 Å². The third-order valence-electron chi connectivity index (χ3n) is 3.31. The first-order valence-electron chi connectivity index (χ1n) is 7.43. The van der Waals surface area contributed by atoms with Gasteiger partial charge in [-0.25, -0.2) is 0 Å². The van der Waals surface area contributed by atoms with Crippen molar-refractivity contribution in [1.29, 1.82) is 0 Å². The van der Waals surface area contributed by atoms with Gasteiger partial charge in [0.25, 0.3) is 5.91 Å². The van der Waals surface area contributed by atoms with Gasteiger partial charge in [-0.1, -0.05) is 42.5 Å². The second-order valence-electron chi connectivity index (χ2n) is 4.93. The zero-order valence-electron chi connectivity index (χ0n) is 12.7. The number of amides is 1. The predicted octanol–water partition coefficient (Wildman–Crippen LogP) is 2.48. The Morgan fingerprint density at radius 3 is 2.45 bits per heavy atom. The number of hydrogen-bond acceptors (Lipinski definition) is 3. The largest absolute Gasteiger partial charge is 0.494 e. The Bertz CT molecular complexity index is 581. The second-order valence-corrected chi connectivity index (χ2v) is 4.93. The van der Waals surface area contributed by atoms with Gasteiger partial charge in [0.15, 0.2) is 6.10 Å². The molecular weight excluding hydrogens is 278 g/mol. The van der Waals surface area contributed by atoms with E-state index in [2.05, 4.69) is 5.32 Å². The average molecular weight is 299 g/mol. The highest BCUT2D eigenvalue weighted by molar-refractivity contribution is 5.81. The lowest BCUT2D eigenvalue weighted by atomic mass is 10.1. The molecule has 0 radical (unpaired) electrons. The number of benzene rings is 2. The fourth-order valence-electron chi connectivity index (χ4n) is 2.13. The van der Waals surface area contributed by atoms with Gasteiger partial charge in [0.1, 0.15) is 5.75 Å². The van der Waals surface area contributed by atoms with E-state index in [1.54, 1.807) is 24.3 Å². The third-order valence-corrected chi connectivity index (χ3v) is 3.31. The van der Waals surface area contributed by atoms with Gasteiger partial charge >= 0.3 is 0 Å². The molecule has 1 atom stereocenters. The highest BCUT2D eigenvalue weighted by Gasteiger charge is 2.15. The van der Waals surface area contributed by atoms with Crippen LogP contribution in [0.25, 0.3) is 0 Å². The SMILES string of the molecule is CCOc1ccc(CCNC(=O)[C@@H](O)c2ccccc2)cc1. The first kappa shape index (κ1) is 16.0. The Balaban J connectivity index is 1.79. The van der Waals surface area contributed by atoms with Gasteiger partial charge in [-0.2, -0.15) is 0 Å². The molecule has 0 unspecified atom stereocenters. The van der Waals surface area contributed by atoms with E-state index in [1.807, 2.05) is 37.3 Å². The maximum absolute atomic E-state index is 11.9. The van der Waals surface area contributed by atoms with Gasteiger partial charge in [-0.05, 0) is 36.6 Å². The van der Waals surface area contributed by atoms with Crippen LogP contribution in [-0.4, -0.2) is 24.2 Å². The Kier molecular flexibility index (Phi) is 5.98. The second kappa shape index (κ2) is 8.20. The maximum Gasteiger partial charge on any atom is 0.253 e. The van der Waals surface area contributed by atoms with Crippen LogP contribution in [0.2, 0.25) is 0 Å². The topological polar surface area (TPSA) is 58.6 Å². The predicted molar refractivity (Wildman–Crippen MR) is 85.7 cm³/mol. The summed E-state index contributed by atoms with van der Waals surface area (Å²) in [4.78, 5) is 11.9. The van der Waals surface area contributed by atoms with Crippen molar-refractivity contribution in [3.05, 3.63) is 65.7 Å². The minimum atomic E-state index is -1.12. The number of aliphatic hydroxyl groups is 1. The standard InChI is InChI=1S/C18H21NO3/c1-2-22-16-10-8-14(9-11-16)12-13-19-18(21)17(20)15-6-4-3-5-7-15/h3-11,17,20H,2,12-13H2,1H3,(H,19,21)/t17-/m0/s1. The van der Waals surface area contributed by atoms with Gasteiger partial charge in [-0.15, -0.1) is 0 Å². The van der Waals surface area contributed by atoms with Gasteiger partial charge in [-0.3, -0.25) is 4.79 Å². The van der Waals surface area contributed by atoms with E-state index in [4.69, 9.17) is 4.74 Å². The molecule has 4 nitrogen and oxygen atoms in total. The molecule has 0 fully saturated rings. The highest BCUT2D eigenvalue weighted by Crippen LogP contribution is 2.13. The summed E-state index contributed by atoms with van der Waals surface area (Å²) in [5.41, 5.74) is 1.71. The molecule has 0 bridgehead atoms. The van der Waals surface area contributed by atoms with E-state index in [0.29, 0.717) is 25.1 Å². The van der Waals surface area contributed by atoms with Crippen LogP contribution in [0.4, 0.5) is 0 Å². The zero-order chi connectivity index (χ0) is 15.8. The van der Waals surface area contributed by atoms with Gasteiger partial charge < -0.3 is 15.2 Å². The maximum atomic E-state index is 11.9. The number of ether oxygens (including phenoxy) is 1. The molecule has 0 aliphatic carbocycles. The number of aliphatic hydroxyl groups excluding tert-OH is 1. The first-order valence-corrected chi connectivity index (χ1v) is 7.43. The third kappa shape index (κ3) is 4.60. The number of rotatable bonds is 7.